The molecular formula is C17H17BrO3. The summed E-state index contributed by atoms with van der Waals surface area (Å²) in [6.45, 7) is 4.27. The van der Waals surface area contributed by atoms with Gasteiger partial charge in [-0.1, -0.05) is 48.0 Å². The van der Waals surface area contributed by atoms with E-state index in [1.165, 1.54) is 6.07 Å². The molecule has 0 fully saturated rings. The van der Waals surface area contributed by atoms with Crippen LogP contribution in [0.25, 0.3) is 0 Å². The van der Waals surface area contributed by atoms with Gasteiger partial charge in [0.2, 0.25) is 0 Å². The number of hydrogen-bond donors (Lipinski definition) is 1. The van der Waals surface area contributed by atoms with Crippen molar-refractivity contribution in [3.8, 4) is 11.5 Å². The first kappa shape index (κ1) is 15.6. The van der Waals surface area contributed by atoms with Gasteiger partial charge in [-0.25, -0.2) is 4.79 Å². The first-order chi connectivity index (χ1) is 10.0. The number of benzene rings is 2. The van der Waals surface area contributed by atoms with Crippen LogP contribution in [0.3, 0.4) is 0 Å². The summed E-state index contributed by atoms with van der Waals surface area (Å²) in [5, 5.41) is 9.10. The average molecular weight is 349 g/mol. The predicted molar refractivity (Wildman–Crippen MR) is 86.3 cm³/mol. The van der Waals surface area contributed by atoms with Crippen molar-refractivity contribution in [2.45, 2.75) is 26.2 Å². The second kappa shape index (κ2) is 6.76. The Morgan fingerprint density at radius 2 is 2.00 bits per heavy atom. The Balaban J connectivity index is 2.36. The Morgan fingerprint density at radius 3 is 2.67 bits per heavy atom. The van der Waals surface area contributed by atoms with Gasteiger partial charge in [-0.15, -0.1) is 0 Å². The molecule has 0 aliphatic heterocycles. The van der Waals surface area contributed by atoms with Crippen LogP contribution in [0.2, 0.25) is 0 Å². The van der Waals surface area contributed by atoms with E-state index in [1.807, 2.05) is 24.3 Å². The van der Waals surface area contributed by atoms with Crippen molar-refractivity contribution in [1.29, 1.82) is 0 Å². The first-order valence-electron chi connectivity index (χ1n) is 6.82. The Morgan fingerprint density at radius 1 is 1.29 bits per heavy atom. The summed E-state index contributed by atoms with van der Waals surface area (Å²) < 4.78 is 6.59. The van der Waals surface area contributed by atoms with Crippen molar-refractivity contribution in [3.05, 3.63) is 58.1 Å². The molecule has 1 atom stereocenters. The van der Waals surface area contributed by atoms with Crippen LogP contribution in [0.5, 0.6) is 11.5 Å². The zero-order valence-electron chi connectivity index (χ0n) is 12.0. The van der Waals surface area contributed by atoms with Crippen molar-refractivity contribution in [2.75, 3.05) is 0 Å². The number of rotatable bonds is 5. The van der Waals surface area contributed by atoms with Gasteiger partial charge in [0.25, 0.3) is 0 Å². The van der Waals surface area contributed by atoms with Gasteiger partial charge in [-0.3, -0.25) is 0 Å². The molecule has 0 saturated carbocycles. The van der Waals surface area contributed by atoms with Gasteiger partial charge in [-0.2, -0.15) is 0 Å². The number of hydrogen-bond acceptors (Lipinski definition) is 2. The third-order valence-corrected chi connectivity index (χ3v) is 3.87. The Bertz CT molecular complexity index is 652. The van der Waals surface area contributed by atoms with Gasteiger partial charge in [0.05, 0.1) is 5.56 Å². The number of aromatic carboxylic acids is 1. The van der Waals surface area contributed by atoms with Crippen molar-refractivity contribution in [2.24, 2.45) is 0 Å². The summed E-state index contributed by atoms with van der Waals surface area (Å²) in [6, 6.07) is 12.7. The summed E-state index contributed by atoms with van der Waals surface area (Å²) in [5.41, 5.74) is 1.32. The molecule has 0 spiro atoms. The molecule has 0 saturated heterocycles. The van der Waals surface area contributed by atoms with Crippen LogP contribution in [0, 0.1) is 0 Å². The highest BCUT2D eigenvalue weighted by atomic mass is 79.9. The fourth-order valence-corrected chi connectivity index (χ4v) is 2.54. The van der Waals surface area contributed by atoms with Crippen LogP contribution in [0.1, 0.15) is 42.1 Å². The third kappa shape index (κ3) is 3.85. The zero-order chi connectivity index (χ0) is 15.4. The number of carboxylic acid groups (broad SMARTS) is 1. The number of halogens is 1. The Kier molecular flexibility index (Phi) is 5.02. The van der Waals surface area contributed by atoms with Gasteiger partial charge >= 0.3 is 5.97 Å². The van der Waals surface area contributed by atoms with E-state index in [1.54, 1.807) is 12.1 Å². The normalized spacial score (nSPS) is 12.0. The molecule has 0 aromatic heterocycles. The fourth-order valence-electron chi connectivity index (χ4n) is 2.07. The van der Waals surface area contributed by atoms with E-state index in [2.05, 4.69) is 29.8 Å². The first-order valence-corrected chi connectivity index (χ1v) is 7.61. The zero-order valence-corrected chi connectivity index (χ0v) is 13.6. The lowest BCUT2D eigenvalue weighted by Gasteiger charge is -2.15. The second-order valence-corrected chi connectivity index (χ2v) is 5.85. The van der Waals surface area contributed by atoms with E-state index < -0.39 is 5.97 Å². The molecule has 4 heteroatoms. The van der Waals surface area contributed by atoms with Gasteiger partial charge in [0.1, 0.15) is 11.5 Å². The van der Waals surface area contributed by atoms with Crippen LogP contribution in [-0.2, 0) is 0 Å². The quantitative estimate of drug-likeness (QED) is 0.780. The number of ether oxygens (including phenoxy) is 1. The van der Waals surface area contributed by atoms with Gasteiger partial charge < -0.3 is 9.84 Å². The number of carbonyl (C=O) groups is 1. The fraction of sp³-hybridized carbons (Fsp3) is 0.235. The van der Waals surface area contributed by atoms with E-state index in [0.29, 0.717) is 16.1 Å². The standard InChI is InChI=1S/C17H17BrO3/c1-3-11(2)15-6-4-5-7-16(15)21-14-9-12(17(19)20)8-13(18)10-14/h4-11H,3H2,1-2H3,(H,19,20). The molecule has 0 aliphatic rings. The SMILES string of the molecule is CCC(C)c1ccccc1Oc1cc(Br)cc(C(=O)O)c1. The smallest absolute Gasteiger partial charge is 0.335 e. The van der Waals surface area contributed by atoms with Crippen molar-refractivity contribution < 1.29 is 14.6 Å². The van der Waals surface area contributed by atoms with E-state index in [0.717, 1.165) is 17.7 Å². The predicted octanol–water partition coefficient (Wildman–Crippen LogP) is 5.45. The summed E-state index contributed by atoms with van der Waals surface area (Å²) in [5.74, 6) is 0.683. The topological polar surface area (TPSA) is 46.5 Å². The molecular weight excluding hydrogens is 332 g/mol. The number of carboxylic acids is 1. The molecule has 0 bridgehead atoms. The van der Waals surface area contributed by atoms with Crippen LogP contribution >= 0.6 is 15.9 Å². The van der Waals surface area contributed by atoms with Crippen molar-refractivity contribution >= 4 is 21.9 Å². The largest absolute Gasteiger partial charge is 0.478 e. The maximum atomic E-state index is 11.1. The van der Waals surface area contributed by atoms with Gasteiger partial charge in [-0.05, 0) is 42.2 Å². The lowest BCUT2D eigenvalue weighted by atomic mass is 9.98. The van der Waals surface area contributed by atoms with Crippen molar-refractivity contribution in [3.63, 3.8) is 0 Å². The van der Waals surface area contributed by atoms with E-state index >= 15 is 0 Å². The lowest BCUT2D eigenvalue weighted by molar-refractivity contribution is 0.0696. The Hall–Kier alpha value is -1.81. The molecule has 3 nitrogen and oxygen atoms in total. The average Bonchev–Trinajstić information content (AvgIpc) is 2.46. The molecule has 110 valence electrons. The summed E-state index contributed by atoms with van der Waals surface area (Å²) >= 11 is 3.31. The summed E-state index contributed by atoms with van der Waals surface area (Å²) in [7, 11) is 0. The minimum atomic E-state index is -0.976. The molecule has 0 heterocycles. The Labute approximate surface area is 132 Å². The maximum absolute atomic E-state index is 11.1. The molecule has 0 amide bonds. The van der Waals surface area contributed by atoms with Crippen LogP contribution in [0.4, 0.5) is 0 Å². The summed E-state index contributed by atoms with van der Waals surface area (Å²) in [6.07, 6.45) is 1.01. The van der Waals surface area contributed by atoms with Crippen LogP contribution < -0.4 is 4.74 Å². The van der Waals surface area contributed by atoms with E-state index in [4.69, 9.17) is 9.84 Å². The minimum absolute atomic E-state index is 0.195. The third-order valence-electron chi connectivity index (χ3n) is 3.41. The second-order valence-electron chi connectivity index (χ2n) is 4.93. The van der Waals surface area contributed by atoms with E-state index in [-0.39, 0.29) is 5.56 Å². The van der Waals surface area contributed by atoms with Gasteiger partial charge in [0, 0.05) is 4.47 Å². The number of para-hydroxylation sites is 1. The molecule has 0 radical (unpaired) electrons. The maximum Gasteiger partial charge on any atom is 0.335 e. The molecule has 2 aromatic rings. The monoisotopic (exact) mass is 348 g/mol. The minimum Gasteiger partial charge on any atom is -0.478 e. The van der Waals surface area contributed by atoms with Crippen LogP contribution in [0.15, 0.2) is 46.9 Å². The molecule has 21 heavy (non-hydrogen) atoms. The molecule has 1 unspecified atom stereocenters. The molecule has 0 aliphatic carbocycles. The van der Waals surface area contributed by atoms with Crippen LogP contribution in [-0.4, -0.2) is 11.1 Å². The summed E-state index contributed by atoms with van der Waals surface area (Å²) in [4.78, 5) is 11.1. The van der Waals surface area contributed by atoms with Gasteiger partial charge in [0.15, 0.2) is 0 Å². The molecule has 2 aromatic carbocycles. The van der Waals surface area contributed by atoms with E-state index in [9.17, 15) is 4.79 Å². The molecule has 1 N–H and O–H groups in total. The lowest BCUT2D eigenvalue weighted by Crippen LogP contribution is -1.99. The highest BCUT2D eigenvalue weighted by molar-refractivity contribution is 9.10. The molecule has 2 rings (SSSR count). The highest BCUT2D eigenvalue weighted by Gasteiger charge is 2.12. The highest BCUT2D eigenvalue weighted by Crippen LogP contribution is 2.33. The van der Waals surface area contributed by atoms with Crippen molar-refractivity contribution in [1.82, 2.24) is 0 Å².